The fraction of sp³-hybridized carbons (Fsp3) is 0. The summed E-state index contributed by atoms with van der Waals surface area (Å²) < 4.78 is 2.66. The zero-order valence-electron chi connectivity index (χ0n) is 22.9. The molecule has 198 valence electrons. The Morgan fingerprint density at radius 2 is 0.952 bits per heavy atom. The molecule has 0 radical (unpaired) electrons. The maximum atomic E-state index is 2.35. The summed E-state index contributed by atoms with van der Waals surface area (Å²) in [7, 11) is 0. The monoisotopic (exact) mass is 553 g/mol. The van der Waals surface area contributed by atoms with Gasteiger partial charge in [-0.05, 0) is 93.7 Å². The molecule has 8 aromatic rings. The van der Waals surface area contributed by atoms with E-state index < -0.39 is 0 Å². The Morgan fingerprint density at radius 3 is 1.83 bits per heavy atom. The van der Waals surface area contributed by atoms with Crippen LogP contribution in [0.5, 0.6) is 0 Å². The van der Waals surface area contributed by atoms with Crippen LogP contribution in [0.15, 0.2) is 164 Å². The van der Waals surface area contributed by atoms with Crippen LogP contribution >= 0.6 is 11.3 Å². The first-order valence-electron chi connectivity index (χ1n) is 14.3. The van der Waals surface area contributed by atoms with E-state index in [2.05, 4.69) is 169 Å². The highest BCUT2D eigenvalue weighted by Crippen LogP contribution is 2.40. The summed E-state index contributed by atoms with van der Waals surface area (Å²) in [5.41, 5.74) is 8.26. The van der Waals surface area contributed by atoms with Crippen molar-refractivity contribution < 1.29 is 0 Å². The van der Waals surface area contributed by atoms with Gasteiger partial charge in [0, 0.05) is 37.2 Å². The van der Waals surface area contributed by atoms with Crippen molar-refractivity contribution >= 4 is 59.3 Å². The van der Waals surface area contributed by atoms with Crippen LogP contribution in [0, 0.1) is 0 Å². The van der Waals surface area contributed by atoms with Crippen molar-refractivity contribution in [2.24, 2.45) is 0 Å². The Hall–Kier alpha value is -5.18. The first kappa shape index (κ1) is 24.6. The number of para-hydroxylation sites is 1. The number of anilines is 3. The third-order valence-corrected chi connectivity index (χ3v) is 9.19. The van der Waals surface area contributed by atoms with Crippen LogP contribution in [-0.2, 0) is 0 Å². The number of fused-ring (bicyclic) bond motifs is 4. The van der Waals surface area contributed by atoms with E-state index in [1.807, 2.05) is 11.3 Å². The second-order valence-corrected chi connectivity index (χ2v) is 11.7. The van der Waals surface area contributed by atoms with Gasteiger partial charge in [0.2, 0.25) is 0 Å². The van der Waals surface area contributed by atoms with Crippen molar-refractivity contribution in [1.82, 2.24) is 0 Å². The highest BCUT2D eigenvalue weighted by molar-refractivity contribution is 7.25. The van der Waals surface area contributed by atoms with Crippen LogP contribution in [0.4, 0.5) is 17.1 Å². The third kappa shape index (κ3) is 4.43. The molecule has 0 aliphatic carbocycles. The molecule has 0 amide bonds. The average Bonchev–Trinajstić information content (AvgIpc) is 3.44. The predicted molar refractivity (Wildman–Crippen MR) is 182 cm³/mol. The SMILES string of the molecule is c1ccc(N(c2ccc(-c3ccc4ccccc4c3)cc2)c2cccc(-c3ccc4sc5ccccc5c4c3)c2)cc1. The third-order valence-electron chi connectivity index (χ3n) is 8.04. The minimum atomic E-state index is 1.13. The second-order valence-electron chi connectivity index (χ2n) is 10.6. The van der Waals surface area contributed by atoms with E-state index in [4.69, 9.17) is 0 Å². The lowest BCUT2D eigenvalue weighted by Crippen LogP contribution is -2.09. The van der Waals surface area contributed by atoms with E-state index in [-0.39, 0.29) is 0 Å². The minimum absolute atomic E-state index is 1.13. The number of thiophene rings is 1. The lowest BCUT2D eigenvalue weighted by Gasteiger charge is -2.26. The number of rotatable bonds is 5. The normalized spacial score (nSPS) is 11.3. The van der Waals surface area contributed by atoms with Gasteiger partial charge in [-0.15, -0.1) is 11.3 Å². The van der Waals surface area contributed by atoms with Gasteiger partial charge in [0.15, 0.2) is 0 Å². The molecule has 2 heteroatoms. The van der Waals surface area contributed by atoms with E-state index in [9.17, 15) is 0 Å². The summed E-state index contributed by atoms with van der Waals surface area (Å²) in [6, 6.07) is 59.2. The quantitative estimate of drug-likeness (QED) is 0.205. The van der Waals surface area contributed by atoms with E-state index >= 15 is 0 Å². The van der Waals surface area contributed by atoms with Crippen molar-refractivity contribution in [1.29, 1.82) is 0 Å². The number of nitrogens with zero attached hydrogens (tertiary/aromatic N) is 1. The molecule has 42 heavy (non-hydrogen) atoms. The molecule has 7 aromatic carbocycles. The molecular formula is C40H27NS. The smallest absolute Gasteiger partial charge is 0.0467 e. The van der Waals surface area contributed by atoms with Gasteiger partial charge in [-0.25, -0.2) is 0 Å². The molecule has 0 spiro atoms. The fourth-order valence-corrected chi connectivity index (χ4v) is 7.01. The van der Waals surface area contributed by atoms with Gasteiger partial charge >= 0.3 is 0 Å². The standard InChI is InChI=1S/C40H27NS/c1-2-12-34(13-3-1)41(35-22-19-29(20-23-35)32-18-17-28-9-4-5-10-30(28)25-32)36-14-8-11-31(26-36)33-21-24-40-38(27-33)37-15-6-7-16-39(37)42-40/h1-27H. The average molecular weight is 554 g/mol. The summed E-state index contributed by atoms with van der Waals surface area (Å²) >= 11 is 1.86. The van der Waals surface area contributed by atoms with Crippen molar-refractivity contribution in [3.05, 3.63) is 164 Å². The molecule has 8 rings (SSSR count). The van der Waals surface area contributed by atoms with Gasteiger partial charge in [0.25, 0.3) is 0 Å². The Labute approximate surface area is 249 Å². The van der Waals surface area contributed by atoms with Crippen molar-refractivity contribution in [2.75, 3.05) is 4.90 Å². The zero-order valence-corrected chi connectivity index (χ0v) is 23.8. The highest BCUT2D eigenvalue weighted by atomic mass is 32.1. The van der Waals surface area contributed by atoms with Gasteiger partial charge < -0.3 is 4.90 Å². The molecule has 1 nitrogen and oxygen atoms in total. The Bertz CT molecular complexity index is 2190. The summed E-state index contributed by atoms with van der Waals surface area (Å²) in [4.78, 5) is 2.34. The zero-order chi connectivity index (χ0) is 27.9. The molecule has 0 atom stereocenters. The largest absolute Gasteiger partial charge is 0.310 e. The van der Waals surface area contributed by atoms with Crippen molar-refractivity contribution in [3.8, 4) is 22.3 Å². The molecule has 0 unspecified atom stereocenters. The maximum Gasteiger partial charge on any atom is 0.0467 e. The Balaban J connectivity index is 1.19. The van der Waals surface area contributed by atoms with Crippen LogP contribution in [0.25, 0.3) is 53.2 Å². The lowest BCUT2D eigenvalue weighted by molar-refractivity contribution is 1.28. The van der Waals surface area contributed by atoms with Gasteiger partial charge in [-0.1, -0.05) is 103 Å². The Morgan fingerprint density at radius 1 is 0.333 bits per heavy atom. The lowest BCUT2D eigenvalue weighted by atomic mass is 10.0. The first-order valence-corrected chi connectivity index (χ1v) is 15.1. The molecule has 0 saturated heterocycles. The van der Waals surface area contributed by atoms with Crippen LogP contribution in [0.1, 0.15) is 0 Å². The molecule has 0 aliphatic heterocycles. The topological polar surface area (TPSA) is 3.24 Å². The summed E-state index contributed by atoms with van der Waals surface area (Å²) in [6.07, 6.45) is 0. The van der Waals surface area contributed by atoms with E-state index in [1.165, 1.54) is 53.2 Å². The van der Waals surface area contributed by atoms with Gasteiger partial charge in [0.05, 0.1) is 0 Å². The maximum absolute atomic E-state index is 2.35. The summed E-state index contributed by atoms with van der Waals surface area (Å²) in [5.74, 6) is 0. The number of benzene rings is 7. The van der Waals surface area contributed by atoms with Crippen molar-refractivity contribution in [2.45, 2.75) is 0 Å². The van der Waals surface area contributed by atoms with Gasteiger partial charge in [-0.2, -0.15) is 0 Å². The van der Waals surface area contributed by atoms with Crippen LogP contribution in [0.2, 0.25) is 0 Å². The number of hydrogen-bond donors (Lipinski definition) is 0. The minimum Gasteiger partial charge on any atom is -0.310 e. The summed E-state index contributed by atoms with van der Waals surface area (Å²) in [6.45, 7) is 0. The molecule has 0 saturated carbocycles. The molecule has 1 aromatic heterocycles. The number of hydrogen-bond acceptors (Lipinski definition) is 2. The second kappa shape index (κ2) is 10.3. The summed E-state index contributed by atoms with van der Waals surface area (Å²) in [5, 5.41) is 5.17. The van der Waals surface area contributed by atoms with E-state index in [0.717, 1.165) is 17.1 Å². The molecule has 1 heterocycles. The molecule has 0 fully saturated rings. The molecule has 0 N–H and O–H groups in total. The fourth-order valence-electron chi connectivity index (χ4n) is 5.93. The van der Waals surface area contributed by atoms with Crippen molar-refractivity contribution in [3.63, 3.8) is 0 Å². The molecular weight excluding hydrogens is 527 g/mol. The van der Waals surface area contributed by atoms with E-state index in [1.54, 1.807) is 0 Å². The van der Waals surface area contributed by atoms with Crippen LogP contribution in [0.3, 0.4) is 0 Å². The van der Waals surface area contributed by atoms with Crippen LogP contribution in [-0.4, -0.2) is 0 Å². The van der Waals surface area contributed by atoms with Gasteiger partial charge in [0.1, 0.15) is 0 Å². The highest BCUT2D eigenvalue weighted by Gasteiger charge is 2.14. The predicted octanol–water partition coefficient (Wildman–Crippen LogP) is 12.0. The molecule has 0 aliphatic rings. The molecule has 0 bridgehead atoms. The van der Waals surface area contributed by atoms with Crippen LogP contribution < -0.4 is 4.90 Å². The van der Waals surface area contributed by atoms with Gasteiger partial charge in [-0.3, -0.25) is 0 Å². The first-order chi connectivity index (χ1) is 20.8. The Kier molecular flexibility index (Phi) is 6.05. The van der Waals surface area contributed by atoms with E-state index in [0.29, 0.717) is 0 Å².